The van der Waals surface area contributed by atoms with Gasteiger partial charge in [0.2, 0.25) is 5.95 Å². The normalized spacial score (nSPS) is 10.2. The number of esters is 1. The highest BCUT2D eigenvalue weighted by molar-refractivity contribution is 6.34. The lowest BCUT2D eigenvalue weighted by molar-refractivity contribution is 0.0600. The topological polar surface area (TPSA) is 93.2 Å². The molecule has 2 aromatic carbocycles. The molecule has 1 amide bonds. The Bertz CT molecular complexity index is 1020. The van der Waals surface area contributed by atoms with Gasteiger partial charge in [0, 0.05) is 18.1 Å². The van der Waals surface area contributed by atoms with E-state index in [-0.39, 0.29) is 16.8 Å². The molecule has 0 fully saturated rings. The fourth-order valence-electron chi connectivity index (χ4n) is 2.42. The summed E-state index contributed by atoms with van der Waals surface area (Å²) < 4.78 is 4.67. The number of hydrogen-bond acceptors (Lipinski definition) is 6. The fourth-order valence-corrected chi connectivity index (χ4v) is 2.59. The summed E-state index contributed by atoms with van der Waals surface area (Å²) in [6, 6.07) is 12.2. The van der Waals surface area contributed by atoms with E-state index in [0.29, 0.717) is 11.0 Å². The molecule has 0 saturated heterocycles. The average Bonchev–Trinajstić information content (AvgIpc) is 2.69. The van der Waals surface area contributed by atoms with Crippen molar-refractivity contribution < 1.29 is 14.3 Å². The summed E-state index contributed by atoms with van der Waals surface area (Å²) in [5, 5.41) is 6.00. The fraction of sp³-hybridized carbons (Fsp3) is 0.100. The lowest BCUT2D eigenvalue weighted by atomic mass is 10.2. The number of benzene rings is 2. The number of anilines is 3. The third-order valence-corrected chi connectivity index (χ3v) is 4.15. The minimum Gasteiger partial charge on any atom is -0.465 e. The first kappa shape index (κ1) is 19.3. The van der Waals surface area contributed by atoms with Crippen molar-refractivity contribution in [3.05, 3.63) is 76.6 Å². The highest BCUT2D eigenvalue weighted by atomic mass is 35.5. The first-order valence-corrected chi connectivity index (χ1v) is 8.69. The third kappa shape index (κ3) is 4.63. The summed E-state index contributed by atoms with van der Waals surface area (Å²) in [4.78, 5) is 32.4. The van der Waals surface area contributed by atoms with Crippen molar-refractivity contribution in [2.24, 2.45) is 0 Å². The van der Waals surface area contributed by atoms with Crippen LogP contribution in [0.2, 0.25) is 5.02 Å². The molecule has 8 heteroatoms. The standard InChI is InChI=1S/C20H17ClN4O3/c1-12-4-3-5-15(8-12)24-20-22-10-14(11-23-20)18(26)25-17-9-13(19(27)28-2)6-7-16(17)21/h3-11H,1-2H3,(H,25,26)(H,22,23,24). The highest BCUT2D eigenvalue weighted by Crippen LogP contribution is 2.24. The summed E-state index contributed by atoms with van der Waals surface area (Å²) in [6.45, 7) is 1.99. The summed E-state index contributed by atoms with van der Waals surface area (Å²) in [6.07, 6.45) is 2.80. The molecule has 3 aromatic rings. The van der Waals surface area contributed by atoms with Crippen LogP contribution in [0.15, 0.2) is 54.9 Å². The predicted molar refractivity (Wildman–Crippen MR) is 107 cm³/mol. The molecule has 0 aliphatic carbocycles. The number of nitrogens with one attached hydrogen (secondary N) is 2. The van der Waals surface area contributed by atoms with Gasteiger partial charge in [0.05, 0.1) is 28.9 Å². The smallest absolute Gasteiger partial charge is 0.337 e. The molecule has 142 valence electrons. The van der Waals surface area contributed by atoms with Crippen LogP contribution in [-0.4, -0.2) is 29.0 Å². The summed E-state index contributed by atoms with van der Waals surface area (Å²) in [5.41, 5.74) is 2.76. The van der Waals surface area contributed by atoms with Gasteiger partial charge in [0.1, 0.15) is 0 Å². The molecular formula is C20H17ClN4O3. The third-order valence-electron chi connectivity index (χ3n) is 3.82. The molecule has 0 bridgehead atoms. The van der Waals surface area contributed by atoms with Crippen LogP contribution in [0.1, 0.15) is 26.3 Å². The van der Waals surface area contributed by atoms with Crippen molar-refractivity contribution in [2.45, 2.75) is 6.92 Å². The Kier molecular flexibility index (Phi) is 5.86. The molecule has 0 saturated carbocycles. The minimum atomic E-state index is -0.526. The molecule has 7 nitrogen and oxygen atoms in total. The summed E-state index contributed by atoms with van der Waals surface area (Å²) in [5.74, 6) is -0.610. The van der Waals surface area contributed by atoms with E-state index in [9.17, 15) is 9.59 Å². The molecular weight excluding hydrogens is 380 g/mol. The molecule has 1 heterocycles. The van der Waals surface area contributed by atoms with Gasteiger partial charge in [0.15, 0.2) is 0 Å². The molecule has 0 atom stereocenters. The number of aromatic nitrogens is 2. The lowest BCUT2D eigenvalue weighted by Crippen LogP contribution is -2.14. The van der Waals surface area contributed by atoms with Crippen molar-refractivity contribution >= 4 is 40.8 Å². The molecule has 0 aliphatic rings. The molecule has 3 rings (SSSR count). The number of nitrogens with zero attached hydrogens (tertiary/aromatic N) is 2. The average molecular weight is 397 g/mol. The van der Waals surface area contributed by atoms with Gasteiger partial charge in [-0.25, -0.2) is 14.8 Å². The van der Waals surface area contributed by atoms with Crippen LogP contribution in [0.5, 0.6) is 0 Å². The molecule has 28 heavy (non-hydrogen) atoms. The van der Waals surface area contributed by atoms with E-state index >= 15 is 0 Å². The summed E-state index contributed by atoms with van der Waals surface area (Å²) >= 11 is 6.10. The lowest BCUT2D eigenvalue weighted by Gasteiger charge is -2.09. The zero-order valence-electron chi connectivity index (χ0n) is 15.2. The molecule has 0 radical (unpaired) electrons. The van der Waals surface area contributed by atoms with Crippen LogP contribution >= 0.6 is 11.6 Å². The number of methoxy groups -OCH3 is 1. The number of ether oxygens (including phenoxy) is 1. The maximum Gasteiger partial charge on any atom is 0.337 e. The van der Waals surface area contributed by atoms with Crippen LogP contribution in [0.25, 0.3) is 0 Å². The van der Waals surface area contributed by atoms with E-state index < -0.39 is 11.9 Å². The largest absolute Gasteiger partial charge is 0.465 e. The first-order valence-electron chi connectivity index (χ1n) is 8.31. The van der Waals surface area contributed by atoms with Gasteiger partial charge in [0.25, 0.3) is 5.91 Å². The monoisotopic (exact) mass is 396 g/mol. The SMILES string of the molecule is COC(=O)c1ccc(Cl)c(NC(=O)c2cnc(Nc3cccc(C)c3)nc2)c1. The first-order chi connectivity index (χ1) is 13.5. The molecule has 1 aromatic heterocycles. The van der Waals surface area contributed by atoms with Crippen molar-refractivity contribution in [1.29, 1.82) is 0 Å². The van der Waals surface area contributed by atoms with Crippen LogP contribution in [-0.2, 0) is 4.74 Å². The number of carbonyl (C=O) groups is 2. The second-order valence-corrected chi connectivity index (χ2v) is 6.34. The van der Waals surface area contributed by atoms with Crippen LogP contribution < -0.4 is 10.6 Å². The number of amides is 1. The highest BCUT2D eigenvalue weighted by Gasteiger charge is 2.13. The van der Waals surface area contributed by atoms with Gasteiger partial charge in [-0.1, -0.05) is 23.7 Å². The van der Waals surface area contributed by atoms with Crippen molar-refractivity contribution in [2.75, 3.05) is 17.7 Å². The van der Waals surface area contributed by atoms with E-state index in [0.717, 1.165) is 11.3 Å². The summed E-state index contributed by atoms with van der Waals surface area (Å²) in [7, 11) is 1.28. The van der Waals surface area contributed by atoms with Crippen LogP contribution in [0.4, 0.5) is 17.3 Å². The Labute approximate surface area is 166 Å². The van der Waals surface area contributed by atoms with E-state index in [1.165, 1.54) is 37.7 Å². The Morgan fingerprint density at radius 3 is 2.46 bits per heavy atom. The second kappa shape index (κ2) is 8.49. The zero-order chi connectivity index (χ0) is 20.1. The number of hydrogen-bond donors (Lipinski definition) is 2. The molecule has 0 aliphatic heterocycles. The minimum absolute atomic E-state index is 0.245. The van der Waals surface area contributed by atoms with Gasteiger partial charge < -0.3 is 15.4 Å². The van der Waals surface area contributed by atoms with E-state index in [1.807, 2.05) is 31.2 Å². The van der Waals surface area contributed by atoms with Gasteiger partial charge in [-0.3, -0.25) is 4.79 Å². The Hall–Kier alpha value is -3.45. The van der Waals surface area contributed by atoms with Gasteiger partial charge in [-0.2, -0.15) is 0 Å². The van der Waals surface area contributed by atoms with Gasteiger partial charge in [-0.05, 0) is 42.8 Å². The van der Waals surface area contributed by atoms with Crippen molar-refractivity contribution in [1.82, 2.24) is 9.97 Å². The number of aryl methyl sites for hydroxylation is 1. The number of rotatable bonds is 5. The molecule has 0 spiro atoms. The maximum absolute atomic E-state index is 12.4. The Balaban J connectivity index is 1.72. The van der Waals surface area contributed by atoms with Gasteiger partial charge >= 0.3 is 5.97 Å². The van der Waals surface area contributed by atoms with Gasteiger partial charge in [-0.15, -0.1) is 0 Å². The number of carbonyl (C=O) groups excluding carboxylic acids is 2. The zero-order valence-corrected chi connectivity index (χ0v) is 15.9. The van der Waals surface area contributed by atoms with E-state index in [4.69, 9.17) is 11.6 Å². The maximum atomic E-state index is 12.4. The Morgan fingerprint density at radius 1 is 1.04 bits per heavy atom. The molecule has 2 N–H and O–H groups in total. The molecule has 0 unspecified atom stereocenters. The van der Waals surface area contributed by atoms with Crippen molar-refractivity contribution in [3.8, 4) is 0 Å². The van der Waals surface area contributed by atoms with Crippen molar-refractivity contribution in [3.63, 3.8) is 0 Å². The number of halogens is 1. The second-order valence-electron chi connectivity index (χ2n) is 5.93. The Morgan fingerprint density at radius 2 is 1.79 bits per heavy atom. The van der Waals surface area contributed by atoms with Crippen LogP contribution in [0.3, 0.4) is 0 Å². The van der Waals surface area contributed by atoms with E-state index in [1.54, 1.807) is 0 Å². The van der Waals surface area contributed by atoms with Crippen LogP contribution in [0, 0.1) is 6.92 Å². The predicted octanol–water partition coefficient (Wildman–Crippen LogP) is 4.22. The quantitative estimate of drug-likeness (QED) is 0.627. The van der Waals surface area contributed by atoms with E-state index in [2.05, 4.69) is 25.3 Å².